The maximum absolute atomic E-state index is 5.86. The number of likely N-dealkylation sites (N-methyl/N-ethyl adjacent to an activating group) is 1. The first-order valence-electron chi connectivity index (χ1n) is 5.74. The maximum atomic E-state index is 5.86. The van der Waals surface area contributed by atoms with Gasteiger partial charge in [-0.25, -0.2) is 4.98 Å². The molecule has 1 fully saturated rings. The van der Waals surface area contributed by atoms with Crippen molar-refractivity contribution in [2.24, 2.45) is 5.73 Å². The van der Waals surface area contributed by atoms with E-state index >= 15 is 0 Å². The Hall–Kier alpha value is -0.490. The van der Waals surface area contributed by atoms with Crippen LogP contribution in [0.25, 0.3) is 0 Å². The minimum atomic E-state index is 0.383. The predicted molar refractivity (Wildman–Crippen MR) is 67.6 cm³/mol. The van der Waals surface area contributed by atoms with Crippen LogP contribution in [0.4, 0.5) is 0 Å². The zero-order chi connectivity index (χ0) is 11.5. The Morgan fingerprint density at radius 1 is 1.62 bits per heavy atom. The van der Waals surface area contributed by atoms with Crippen molar-refractivity contribution >= 4 is 11.3 Å². The third-order valence-corrected chi connectivity index (χ3v) is 3.99. The molecule has 2 N–H and O–H groups in total. The topological polar surface area (TPSA) is 45.4 Å². The van der Waals surface area contributed by atoms with Crippen LogP contribution < -0.4 is 5.73 Å². The van der Waals surface area contributed by atoms with Gasteiger partial charge in [-0.05, 0) is 14.0 Å². The second-order valence-corrected chi connectivity index (χ2v) is 5.20. The molecule has 5 heteroatoms. The van der Waals surface area contributed by atoms with E-state index in [2.05, 4.69) is 34.1 Å². The summed E-state index contributed by atoms with van der Waals surface area (Å²) in [4.78, 5) is 9.23. The summed E-state index contributed by atoms with van der Waals surface area (Å²) in [5, 5.41) is 2.14. The monoisotopic (exact) mass is 240 g/mol. The number of hydrogen-bond donors (Lipinski definition) is 1. The van der Waals surface area contributed by atoms with Gasteiger partial charge in [0.15, 0.2) is 0 Å². The molecule has 0 saturated carbocycles. The van der Waals surface area contributed by atoms with Crippen LogP contribution in [0, 0.1) is 0 Å². The smallest absolute Gasteiger partial charge is 0.0795 e. The summed E-state index contributed by atoms with van der Waals surface area (Å²) in [5.41, 5.74) is 8.94. The van der Waals surface area contributed by atoms with Gasteiger partial charge in [0.25, 0.3) is 0 Å². The van der Waals surface area contributed by atoms with E-state index in [4.69, 9.17) is 5.73 Å². The summed E-state index contributed by atoms with van der Waals surface area (Å²) in [5.74, 6) is 0. The Balaban J connectivity index is 2.07. The zero-order valence-corrected chi connectivity index (χ0v) is 10.8. The van der Waals surface area contributed by atoms with Gasteiger partial charge in [0.2, 0.25) is 0 Å². The van der Waals surface area contributed by atoms with Gasteiger partial charge in [-0.2, -0.15) is 0 Å². The third-order valence-electron chi connectivity index (χ3n) is 3.38. The zero-order valence-electron chi connectivity index (χ0n) is 9.97. The van der Waals surface area contributed by atoms with Gasteiger partial charge < -0.3 is 10.6 Å². The number of rotatable bonds is 3. The van der Waals surface area contributed by atoms with Crippen molar-refractivity contribution in [1.82, 2.24) is 14.8 Å². The molecular formula is C11H20N4S. The summed E-state index contributed by atoms with van der Waals surface area (Å²) in [6.07, 6.45) is 0. The largest absolute Gasteiger partial charge is 0.329 e. The molecule has 1 aliphatic rings. The molecule has 0 amide bonds. The highest BCUT2D eigenvalue weighted by Gasteiger charge is 2.29. The molecule has 2 heterocycles. The van der Waals surface area contributed by atoms with Gasteiger partial charge in [0.05, 0.1) is 17.2 Å². The number of nitrogens with two attached hydrogens (primary N) is 1. The van der Waals surface area contributed by atoms with E-state index < -0.39 is 0 Å². The minimum Gasteiger partial charge on any atom is -0.329 e. The average Bonchev–Trinajstić information content (AvgIpc) is 2.81. The lowest BCUT2D eigenvalue weighted by Gasteiger charge is -2.42. The quantitative estimate of drug-likeness (QED) is 0.848. The summed E-state index contributed by atoms with van der Waals surface area (Å²) >= 11 is 1.66. The first kappa shape index (κ1) is 12.0. The van der Waals surface area contributed by atoms with E-state index in [0.717, 1.165) is 26.2 Å². The number of thiazole rings is 1. The van der Waals surface area contributed by atoms with Crippen LogP contribution >= 0.6 is 11.3 Å². The van der Waals surface area contributed by atoms with Crippen molar-refractivity contribution in [3.05, 3.63) is 16.6 Å². The molecule has 0 bridgehead atoms. The van der Waals surface area contributed by atoms with Crippen LogP contribution in [0.5, 0.6) is 0 Å². The van der Waals surface area contributed by atoms with E-state index in [1.165, 1.54) is 5.69 Å². The molecule has 0 spiro atoms. The number of nitrogens with zero attached hydrogens (tertiary/aromatic N) is 3. The lowest BCUT2D eigenvalue weighted by molar-refractivity contribution is 0.0608. The highest BCUT2D eigenvalue weighted by molar-refractivity contribution is 7.07. The van der Waals surface area contributed by atoms with Crippen molar-refractivity contribution in [3.63, 3.8) is 0 Å². The lowest BCUT2D eigenvalue weighted by Crippen LogP contribution is -2.55. The summed E-state index contributed by atoms with van der Waals surface area (Å²) in [6.45, 7) is 6.20. The minimum absolute atomic E-state index is 0.383. The van der Waals surface area contributed by atoms with Crippen LogP contribution in [0.1, 0.15) is 18.7 Å². The van der Waals surface area contributed by atoms with E-state index in [9.17, 15) is 0 Å². The molecule has 2 rings (SSSR count). The molecule has 0 radical (unpaired) electrons. The molecule has 4 nitrogen and oxygen atoms in total. The number of piperazine rings is 1. The maximum Gasteiger partial charge on any atom is 0.0795 e. The van der Waals surface area contributed by atoms with Gasteiger partial charge in [0.1, 0.15) is 0 Å². The molecule has 2 unspecified atom stereocenters. The van der Waals surface area contributed by atoms with E-state index in [-0.39, 0.29) is 0 Å². The van der Waals surface area contributed by atoms with Crippen LogP contribution in [-0.4, -0.2) is 54.1 Å². The fourth-order valence-corrected chi connectivity index (χ4v) is 2.98. The molecule has 1 aromatic rings. The van der Waals surface area contributed by atoms with Crippen molar-refractivity contribution in [1.29, 1.82) is 0 Å². The van der Waals surface area contributed by atoms with Gasteiger partial charge in [0, 0.05) is 37.6 Å². The highest BCUT2D eigenvalue weighted by Crippen LogP contribution is 2.24. The Morgan fingerprint density at radius 3 is 3.06 bits per heavy atom. The molecule has 0 aromatic carbocycles. The molecule has 1 saturated heterocycles. The number of aromatic nitrogens is 1. The summed E-state index contributed by atoms with van der Waals surface area (Å²) in [6, 6.07) is 0.837. The van der Waals surface area contributed by atoms with E-state index in [1.807, 2.05) is 5.51 Å². The van der Waals surface area contributed by atoms with Crippen LogP contribution in [0.2, 0.25) is 0 Å². The molecule has 90 valence electrons. The molecule has 1 aromatic heterocycles. The predicted octanol–water partition coefficient (Wildman–Crippen LogP) is 0.779. The second kappa shape index (κ2) is 5.23. The Bertz CT molecular complexity index is 314. The van der Waals surface area contributed by atoms with Crippen molar-refractivity contribution in [3.8, 4) is 0 Å². The van der Waals surface area contributed by atoms with Gasteiger partial charge in [-0.3, -0.25) is 4.90 Å². The standard InChI is InChI=1S/C11H20N4S/c1-9(11-7-16-8-13-11)15-4-3-14(2)6-10(15)5-12/h7-10H,3-6,12H2,1-2H3. The van der Waals surface area contributed by atoms with Gasteiger partial charge in [-0.15, -0.1) is 11.3 Å². The van der Waals surface area contributed by atoms with E-state index in [0.29, 0.717) is 12.1 Å². The Kier molecular flexibility index (Phi) is 3.91. The van der Waals surface area contributed by atoms with Crippen LogP contribution in [0.3, 0.4) is 0 Å². The van der Waals surface area contributed by atoms with Crippen molar-refractivity contribution in [2.45, 2.75) is 19.0 Å². The van der Waals surface area contributed by atoms with Gasteiger partial charge in [-0.1, -0.05) is 0 Å². The van der Waals surface area contributed by atoms with Crippen molar-refractivity contribution < 1.29 is 0 Å². The first-order chi connectivity index (χ1) is 7.72. The molecule has 16 heavy (non-hydrogen) atoms. The normalized spacial score (nSPS) is 25.8. The molecular weight excluding hydrogens is 220 g/mol. The summed E-state index contributed by atoms with van der Waals surface area (Å²) < 4.78 is 0. The van der Waals surface area contributed by atoms with E-state index in [1.54, 1.807) is 11.3 Å². The molecule has 2 atom stereocenters. The average molecular weight is 240 g/mol. The second-order valence-electron chi connectivity index (χ2n) is 4.48. The summed E-state index contributed by atoms with van der Waals surface area (Å²) in [7, 11) is 2.16. The highest BCUT2D eigenvalue weighted by atomic mass is 32.1. The SMILES string of the molecule is CC(c1cscn1)N1CCN(C)CC1CN. The third kappa shape index (κ3) is 2.43. The van der Waals surface area contributed by atoms with Crippen molar-refractivity contribution in [2.75, 3.05) is 33.2 Å². The lowest BCUT2D eigenvalue weighted by atomic mass is 10.1. The van der Waals surface area contributed by atoms with Crippen LogP contribution in [0.15, 0.2) is 10.9 Å². The first-order valence-corrected chi connectivity index (χ1v) is 6.69. The van der Waals surface area contributed by atoms with Gasteiger partial charge >= 0.3 is 0 Å². The Labute approximate surface area is 101 Å². The Morgan fingerprint density at radius 2 is 2.44 bits per heavy atom. The number of hydrogen-bond acceptors (Lipinski definition) is 5. The molecule has 0 aliphatic carbocycles. The van der Waals surface area contributed by atoms with Crippen LogP contribution in [-0.2, 0) is 0 Å². The fraction of sp³-hybridized carbons (Fsp3) is 0.727. The molecule has 1 aliphatic heterocycles. The fourth-order valence-electron chi connectivity index (χ4n) is 2.34.